The molecule has 1 fully saturated rings. The van der Waals surface area contributed by atoms with E-state index in [1.807, 2.05) is 17.9 Å². The fourth-order valence-corrected chi connectivity index (χ4v) is 6.15. The number of amides is 1. The molecule has 1 aromatic carbocycles. The van der Waals surface area contributed by atoms with E-state index < -0.39 is 9.84 Å². The van der Waals surface area contributed by atoms with Gasteiger partial charge in [0.25, 0.3) is 5.56 Å². The summed E-state index contributed by atoms with van der Waals surface area (Å²) < 4.78 is 24.5. The van der Waals surface area contributed by atoms with Crippen molar-refractivity contribution in [3.63, 3.8) is 0 Å². The number of carbonyl (C=O) groups is 1. The van der Waals surface area contributed by atoms with Crippen molar-refractivity contribution in [1.29, 1.82) is 0 Å². The average molecular weight is 536 g/mol. The summed E-state index contributed by atoms with van der Waals surface area (Å²) in [5, 5.41) is 3.24. The molecule has 3 rings (SSSR count). The number of aromatic amines is 1. The number of nitrogens with zero attached hydrogens (tertiary/aromatic N) is 2. The molecule has 8 nitrogen and oxygen atoms in total. The summed E-state index contributed by atoms with van der Waals surface area (Å²) in [4.78, 5) is 33.8. The van der Waals surface area contributed by atoms with Crippen LogP contribution in [0.15, 0.2) is 25.9 Å². The Morgan fingerprint density at radius 1 is 1.39 bits per heavy atom. The minimum Gasteiger partial charge on any atom is -0.351 e. The zero-order valence-electron chi connectivity index (χ0n) is 15.2. The largest absolute Gasteiger partial charge is 0.351 e. The van der Waals surface area contributed by atoms with Gasteiger partial charge in [0.2, 0.25) is 5.91 Å². The van der Waals surface area contributed by atoms with Gasteiger partial charge in [-0.05, 0) is 41.0 Å². The molecule has 152 valence electrons. The third-order valence-corrected chi connectivity index (χ3v) is 7.39. The van der Waals surface area contributed by atoms with E-state index in [2.05, 4.69) is 47.1 Å². The molecule has 1 amide bonds. The third-order valence-electron chi connectivity index (χ3n) is 4.56. The van der Waals surface area contributed by atoms with E-state index in [0.717, 1.165) is 4.47 Å². The zero-order chi connectivity index (χ0) is 20.5. The number of hydrogen-bond acceptors (Lipinski definition) is 6. The topological polar surface area (TPSA) is 112 Å². The Labute approximate surface area is 179 Å². The zero-order valence-corrected chi connectivity index (χ0v) is 19.2. The molecule has 2 N–H and O–H groups in total. The van der Waals surface area contributed by atoms with Crippen molar-refractivity contribution in [2.24, 2.45) is 0 Å². The molecule has 28 heavy (non-hydrogen) atoms. The minimum absolute atomic E-state index is 0.00595. The lowest BCUT2D eigenvalue weighted by Crippen LogP contribution is -2.42. The molecule has 0 unspecified atom stereocenters. The fourth-order valence-electron chi connectivity index (χ4n) is 3.17. The predicted octanol–water partition coefficient (Wildman–Crippen LogP) is 1.57. The van der Waals surface area contributed by atoms with Crippen LogP contribution >= 0.6 is 31.9 Å². The van der Waals surface area contributed by atoms with Crippen molar-refractivity contribution >= 4 is 58.5 Å². The first kappa shape index (κ1) is 21.4. The molecule has 1 aliphatic rings. The molecular weight excluding hydrogens is 516 g/mol. The Morgan fingerprint density at radius 2 is 2.14 bits per heavy atom. The highest BCUT2D eigenvalue weighted by Gasteiger charge is 2.29. The second-order valence-electron chi connectivity index (χ2n) is 6.77. The molecule has 0 spiro atoms. The van der Waals surface area contributed by atoms with E-state index in [9.17, 15) is 18.0 Å². The minimum atomic E-state index is -3.04. The molecule has 0 radical (unpaired) electrons. The van der Waals surface area contributed by atoms with E-state index in [0.29, 0.717) is 40.7 Å². The number of H-pyrrole nitrogens is 1. The number of rotatable bonds is 6. The summed E-state index contributed by atoms with van der Waals surface area (Å²) in [5.74, 6) is 0.326. The number of benzene rings is 1. The van der Waals surface area contributed by atoms with E-state index >= 15 is 0 Å². The fraction of sp³-hybridized carbons (Fsp3) is 0.471. The Kier molecular flexibility index (Phi) is 6.58. The van der Waals surface area contributed by atoms with Gasteiger partial charge in [0.15, 0.2) is 9.84 Å². The molecule has 0 saturated carbocycles. The number of likely N-dealkylation sites (N-methyl/N-ethyl adjacent to an activating group) is 1. The summed E-state index contributed by atoms with van der Waals surface area (Å²) >= 11 is 6.78. The number of fused-ring (bicyclic) bond motifs is 1. The molecule has 1 atom stereocenters. The first-order chi connectivity index (χ1) is 13.2. The van der Waals surface area contributed by atoms with Gasteiger partial charge in [0.05, 0.1) is 35.5 Å². The molecule has 0 aliphatic carbocycles. The number of hydrogen-bond donors (Lipinski definition) is 2. The molecule has 0 bridgehead atoms. The second-order valence-corrected chi connectivity index (χ2v) is 10.8. The Balaban J connectivity index is 1.70. The Hall–Kier alpha value is -1.30. The van der Waals surface area contributed by atoms with E-state index in [1.54, 1.807) is 6.07 Å². The van der Waals surface area contributed by atoms with Crippen molar-refractivity contribution in [3.8, 4) is 0 Å². The maximum absolute atomic E-state index is 12.4. The predicted molar refractivity (Wildman–Crippen MR) is 114 cm³/mol. The maximum Gasteiger partial charge on any atom is 0.258 e. The van der Waals surface area contributed by atoms with Crippen LogP contribution in [0.3, 0.4) is 0 Å². The SMILES string of the molecule is CCN(CC(=O)N[C@H]1CCS(=O)(=O)C1)Cc1nc2c(Br)cc(Br)cc2c(=O)[nH]1. The molecule has 1 aliphatic heterocycles. The van der Waals surface area contributed by atoms with Gasteiger partial charge in [0.1, 0.15) is 5.82 Å². The van der Waals surface area contributed by atoms with Crippen LogP contribution in [0.25, 0.3) is 10.9 Å². The highest BCUT2D eigenvalue weighted by atomic mass is 79.9. The van der Waals surface area contributed by atoms with Crippen LogP contribution in [0.4, 0.5) is 0 Å². The van der Waals surface area contributed by atoms with Crippen molar-refractivity contribution in [3.05, 3.63) is 37.3 Å². The van der Waals surface area contributed by atoms with Crippen LogP contribution in [0.5, 0.6) is 0 Å². The monoisotopic (exact) mass is 534 g/mol. The molecule has 2 aromatic rings. The molecule has 1 aromatic heterocycles. The summed E-state index contributed by atoms with van der Waals surface area (Å²) in [6.07, 6.45) is 0.448. The van der Waals surface area contributed by atoms with Gasteiger partial charge >= 0.3 is 0 Å². The van der Waals surface area contributed by atoms with Crippen LogP contribution in [-0.4, -0.2) is 59.8 Å². The standard InChI is InChI=1S/C17H20Br2N4O4S/c1-2-23(8-15(24)20-11-3-4-28(26,27)9-11)7-14-21-16-12(17(25)22-14)5-10(18)6-13(16)19/h5-6,11H,2-4,7-9H2,1H3,(H,20,24)(H,21,22,25)/t11-/m0/s1. The number of nitrogens with one attached hydrogen (secondary N) is 2. The van der Waals surface area contributed by atoms with Gasteiger partial charge in [-0.15, -0.1) is 0 Å². The first-order valence-corrected chi connectivity index (χ1v) is 12.2. The quantitative estimate of drug-likeness (QED) is 0.580. The highest BCUT2D eigenvalue weighted by molar-refractivity contribution is 9.11. The van der Waals surface area contributed by atoms with Crippen molar-refractivity contribution in [2.45, 2.75) is 25.9 Å². The Bertz CT molecular complexity index is 1070. The normalized spacial score (nSPS) is 18.6. The second kappa shape index (κ2) is 8.60. The number of aromatic nitrogens is 2. The number of halogens is 2. The van der Waals surface area contributed by atoms with Crippen molar-refractivity contribution in [2.75, 3.05) is 24.6 Å². The van der Waals surface area contributed by atoms with Crippen molar-refractivity contribution in [1.82, 2.24) is 20.2 Å². The lowest BCUT2D eigenvalue weighted by atomic mass is 10.2. The molecule has 2 heterocycles. The van der Waals surface area contributed by atoms with Gasteiger partial charge in [-0.3, -0.25) is 14.5 Å². The number of carbonyl (C=O) groups excluding carboxylic acids is 1. The van der Waals surface area contributed by atoms with Crippen molar-refractivity contribution < 1.29 is 13.2 Å². The van der Waals surface area contributed by atoms with Crippen LogP contribution < -0.4 is 10.9 Å². The van der Waals surface area contributed by atoms with E-state index in [4.69, 9.17) is 0 Å². The van der Waals surface area contributed by atoms with Crippen LogP contribution in [-0.2, 0) is 21.2 Å². The van der Waals surface area contributed by atoms with Crippen LogP contribution in [0, 0.1) is 0 Å². The van der Waals surface area contributed by atoms with Crippen LogP contribution in [0.2, 0.25) is 0 Å². The van der Waals surface area contributed by atoms with Gasteiger partial charge < -0.3 is 10.3 Å². The van der Waals surface area contributed by atoms with Gasteiger partial charge in [-0.1, -0.05) is 22.9 Å². The van der Waals surface area contributed by atoms with Gasteiger partial charge in [-0.2, -0.15) is 0 Å². The summed E-state index contributed by atoms with van der Waals surface area (Å²) in [7, 11) is -3.04. The summed E-state index contributed by atoms with van der Waals surface area (Å²) in [6, 6.07) is 3.19. The Morgan fingerprint density at radius 3 is 2.79 bits per heavy atom. The lowest BCUT2D eigenvalue weighted by Gasteiger charge is -2.20. The smallest absolute Gasteiger partial charge is 0.258 e. The molecular formula is C17H20Br2N4O4S. The third kappa shape index (κ3) is 5.19. The first-order valence-electron chi connectivity index (χ1n) is 8.77. The molecule has 1 saturated heterocycles. The molecule has 11 heteroatoms. The lowest BCUT2D eigenvalue weighted by molar-refractivity contribution is -0.122. The maximum atomic E-state index is 12.4. The van der Waals surface area contributed by atoms with Crippen LogP contribution in [0.1, 0.15) is 19.2 Å². The summed E-state index contributed by atoms with van der Waals surface area (Å²) in [5.41, 5.74) is 0.303. The van der Waals surface area contributed by atoms with Gasteiger partial charge in [-0.25, -0.2) is 13.4 Å². The summed E-state index contributed by atoms with van der Waals surface area (Å²) in [6.45, 7) is 2.86. The highest BCUT2D eigenvalue weighted by Crippen LogP contribution is 2.25. The average Bonchev–Trinajstić information content (AvgIpc) is 2.93. The number of sulfone groups is 1. The van der Waals surface area contributed by atoms with E-state index in [-0.39, 0.29) is 35.6 Å². The van der Waals surface area contributed by atoms with Gasteiger partial charge in [0, 0.05) is 15.0 Å². The van der Waals surface area contributed by atoms with E-state index in [1.165, 1.54) is 0 Å².